The molecule has 1 aromatic carbocycles. The van der Waals surface area contributed by atoms with E-state index in [1.807, 2.05) is 4.68 Å². The van der Waals surface area contributed by atoms with Crippen LogP contribution in [0.3, 0.4) is 0 Å². The zero-order valence-corrected chi connectivity index (χ0v) is 15.1. The minimum atomic E-state index is -0.365. The second kappa shape index (κ2) is 7.34. The predicted molar refractivity (Wildman–Crippen MR) is 98.5 cm³/mol. The fourth-order valence-electron chi connectivity index (χ4n) is 3.15. The number of anilines is 1. The lowest BCUT2D eigenvalue weighted by molar-refractivity contribution is -0.116. The number of halogens is 1. The fraction of sp³-hybridized carbons (Fsp3) is 0.350. The first-order valence-corrected chi connectivity index (χ1v) is 9.15. The molecule has 0 spiro atoms. The van der Waals surface area contributed by atoms with Crippen LogP contribution in [0.2, 0.25) is 0 Å². The summed E-state index contributed by atoms with van der Waals surface area (Å²) in [5, 5.41) is 7.23. The molecule has 1 fully saturated rings. The third-order valence-electron chi connectivity index (χ3n) is 4.89. The van der Waals surface area contributed by atoms with Crippen LogP contribution in [0.25, 0.3) is 11.3 Å². The molecule has 7 heteroatoms. The van der Waals surface area contributed by atoms with E-state index in [9.17, 15) is 9.18 Å². The number of aromatic nitrogens is 3. The number of hydrogen-bond donors (Lipinski definition) is 1. The number of nitrogens with one attached hydrogen (secondary N) is 1. The molecule has 1 amide bonds. The van der Waals surface area contributed by atoms with Gasteiger partial charge in [0.05, 0.1) is 24.0 Å². The van der Waals surface area contributed by atoms with E-state index < -0.39 is 0 Å². The number of rotatable bonds is 7. The van der Waals surface area contributed by atoms with E-state index in [0.29, 0.717) is 35.4 Å². The lowest BCUT2D eigenvalue weighted by Gasteiger charge is -2.15. The molecule has 140 valence electrons. The van der Waals surface area contributed by atoms with E-state index in [4.69, 9.17) is 4.42 Å². The van der Waals surface area contributed by atoms with Crippen molar-refractivity contribution in [2.24, 2.45) is 5.92 Å². The summed E-state index contributed by atoms with van der Waals surface area (Å²) in [6.07, 6.45) is 6.17. The van der Waals surface area contributed by atoms with Crippen LogP contribution < -0.4 is 5.32 Å². The molecule has 0 aliphatic heterocycles. The van der Waals surface area contributed by atoms with Crippen molar-refractivity contribution in [2.75, 3.05) is 5.32 Å². The first-order chi connectivity index (χ1) is 13.1. The molecule has 0 saturated heterocycles. The quantitative estimate of drug-likeness (QED) is 0.678. The number of amides is 1. The second-order valence-corrected chi connectivity index (χ2v) is 6.89. The van der Waals surface area contributed by atoms with E-state index in [1.165, 1.54) is 25.1 Å². The van der Waals surface area contributed by atoms with Crippen molar-refractivity contribution in [3.8, 4) is 11.3 Å². The number of aryl methyl sites for hydroxylation is 1. The van der Waals surface area contributed by atoms with Gasteiger partial charge >= 0.3 is 0 Å². The second-order valence-electron chi connectivity index (χ2n) is 6.89. The SMILES string of the molecule is CC(C1CC1)n1nccc1NC(=O)CCc1ncc(-c2ccccc2F)o1. The Morgan fingerprint density at radius 1 is 1.37 bits per heavy atom. The number of carbonyl (C=O) groups is 1. The summed E-state index contributed by atoms with van der Waals surface area (Å²) in [6, 6.07) is 8.45. The molecule has 3 aromatic rings. The van der Waals surface area contributed by atoms with Crippen LogP contribution in [0, 0.1) is 11.7 Å². The maximum absolute atomic E-state index is 13.8. The van der Waals surface area contributed by atoms with Gasteiger partial charge in [-0.2, -0.15) is 5.10 Å². The Hall–Kier alpha value is -2.96. The summed E-state index contributed by atoms with van der Waals surface area (Å²) in [6.45, 7) is 2.12. The lowest BCUT2D eigenvalue weighted by atomic mass is 10.2. The van der Waals surface area contributed by atoms with Gasteiger partial charge < -0.3 is 9.73 Å². The molecular weight excluding hydrogens is 347 g/mol. The van der Waals surface area contributed by atoms with E-state index >= 15 is 0 Å². The van der Waals surface area contributed by atoms with Gasteiger partial charge in [-0.15, -0.1) is 0 Å². The largest absolute Gasteiger partial charge is 0.441 e. The fourth-order valence-corrected chi connectivity index (χ4v) is 3.15. The molecule has 0 bridgehead atoms. The van der Waals surface area contributed by atoms with Crippen molar-refractivity contribution >= 4 is 11.7 Å². The Labute approximate surface area is 156 Å². The maximum Gasteiger partial charge on any atom is 0.226 e. The number of carbonyl (C=O) groups excluding carboxylic acids is 1. The summed E-state index contributed by atoms with van der Waals surface area (Å²) in [5.41, 5.74) is 0.360. The van der Waals surface area contributed by atoms with E-state index in [0.717, 1.165) is 0 Å². The third-order valence-corrected chi connectivity index (χ3v) is 4.89. The van der Waals surface area contributed by atoms with Gasteiger partial charge in [0, 0.05) is 18.9 Å². The van der Waals surface area contributed by atoms with Crippen LogP contribution in [-0.2, 0) is 11.2 Å². The Balaban J connectivity index is 1.35. The maximum atomic E-state index is 13.8. The average Bonchev–Trinajstić information content (AvgIpc) is 3.24. The van der Waals surface area contributed by atoms with Gasteiger partial charge in [-0.1, -0.05) is 12.1 Å². The van der Waals surface area contributed by atoms with Crippen LogP contribution in [0.1, 0.15) is 38.1 Å². The van der Waals surface area contributed by atoms with Gasteiger partial charge in [-0.25, -0.2) is 14.1 Å². The monoisotopic (exact) mass is 368 g/mol. The lowest BCUT2D eigenvalue weighted by Crippen LogP contribution is -2.18. The summed E-state index contributed by atoms with van der Waals surface area (Å²) in [5.74, 6) is 1.62. The topological polar surface area (TPSA) is 73.0 Å². The van der Waals surface area contributed by atoms with Crippen LogP contribution >= 0.6 is 0 Å². The molecule has 27 heavy (non-hydrogen) atoms. The average molecular weight is 368 g/mol. The highest BCUT2D eigenvalue weighted by atomic mass is 19.1. The molecule has 2 aromatic heterocycles. The standard InChI is InChI=1S/C20H21FN4O2/c1-13(14-6-7-14)25-18(10-11-23-25)24-19(26)8-9-20-22-12-17(27-20)15-4-2-3-5-16(15)21/h2-5,10-14H,6-9H2,1H3,(H,24,26). The first-order valence-electron chi connectivity index (χ1n) is 9.15. The highest BCUT2D eigenvalue weighted by Gasteiger charge is 2.30. The van der Waals surface area contributed by atoms with Crippen molar-refractivity contribution in [3.05, 3.63) is 54.4 Å². The van der Waals surface area contributed by atoms with Crippen molar-refractivity contribution < 1.29 is 13.6 Å². The molecule has 1 N–H and O–H groups in total. The van der Waals surface area contributed by atoms with Gasteiger partial charge in [0.2, 0.25) is 5.91 Å². The molecule has 2 heterocycles. The first kappa shape index (κ1) is 17.5. The minimum absolute atomic E-state index is 0.134. The van der Waals surface area contributed by atoms with Crippen LogP contribution in [-0.4, -0.2) is 20.7 Å². The molecule has 1 saturated carbocycles. The molecule has 1 aliphatic carbocycles. The minimum Gasteiger partial charge on any atom is -0.441 e. The molecule has 6 nitrogen and oxygen atoms in total. The summed E-state index contributed by atoms with van der Waals surface area (Å²) in [7, 11) is 0. The molecule has 1 unspecified atom stereocenters. The van der Waals surface area contributed by atoms with Crippen molar-refractivity contribution in [3.63, 3.8) is 0 Å². The Kier molecular flexibility index (Phi) is 4.75. The van der Waals surface area contributed by atoms with Crippen molar-refractivity contribution in [1.29, 1.82) is 0 Å². The third kappa shape index (κ3) is 3.92. The van der Waals surface area contributed by atoms with Gasteiger partial charge in [0.25, 0.3) is 0 Å². The number of nitrogens with zero attached hydrogens (tertiary/aromatic N) is 3. The Morgan fingerprint density at radius 2 is 2.19 bits per heavy atom. The highest BCUT2D eigenvalue weighted by molar-refractivity contribution is 5.89. The predicted octanol–water partition coefficient (Wildman–Crippen LogP) is 4.22. The summed E-state index contributed by atoms with van der Waals surface area (Å²) >= 11 is 0. The van der Waals surface area contributed by atoms with Crippen LogP contribution in [0.5, 0.6) is 0 Å². The van der Waals surface area contributed by atoms with Crippen molar-refractivity contribution in [1.82, 2.24) is 14.8 Å². The van der Waals surface area contributed by atoms with Crippen molar-refractivity contribution in [2.45, 2.75) is 38.6 Å². The van der Waals surface area contributed by atoms with Crippen LogP contribution in [0.4, 0.5) is 10.2 Å². The number of benzene rings is 1. The number of oxazole rings is 1. The van der Waals surface area contributed by atoms with E-state index in [2.05, 4.69) is 22.3 Å². The Bertz CT molecular complexity index is 945. The van der Waals surface area contributed by atoms with Crippen LogP contribution in [0.15, 0.2) is 47.1 Å². The van der Waals surface area contributed by atoms with Gasteiger partial charge in [-0.3, -0.25) is 4.79 Å². The summed E-state index contributed by atoms with van der Waals surface area (Å²) in [4.78, 5) is 16.4. The molecule has 1 atom stereocenters. The highest BCUT2D eigenvalue weighted by Crippen LogP contribution is 2.40. The van der Waals surface area contributed by atoms with Gasteiger partial charge in [-0.05, 0) is 37.8 Å². The zero-order valence-electron chi connectivity index (χ0n) is 15.1. The van der Waals surface area contributed by atoms with Gasteiger partial charge in [0.1, 0.15) is 11.6 Å². The van der Waals surface area contributed by atoms with E-state index in [-0.39, 0.29) is 24.2 Å². The Morgan fingerprint density at radius 3 is 2.96 bits per heavy atom. The normalized spacial score (nSPS) is 14.9. The molecule has 0 radical (unpaired) electrons. The molecule has 1 aliphatic rings. The molecule has 4 rings (SSSR count). The summed E-state index contributed by atoms with van der Waals surface area (Å²) < 4.78 is 21.3. The van der Waals surface area contributed by atoms with Gasteiger partial charge in [0.15, 0.2) is 11.7 Å². The number of hydrogen-bond acceptors (Lipinski definition) is 4. The smallest absolute Gasteiger partial charge is 0.226 e. The molecular formula is C20H21FN4O2. The van der Waals surface area contributed by atoms with E-state index in [1.54, 1.807) is 30.5 Å². The zero-order chi connectivity index (χ0) is 18.8.